The van der Waals surface area contributed by atoms with Gasteiger partial charge in [0, 0.05) is 18.3 Å². The lowest BCUT2D eigenvalue weighted by atomic mass is 9.63. The van der Waals surface area contributed by atoms with Crippen molar-refractivity contribution in [1.82, 2.24) is 4.90 Å². The maximum atomic E-state index is 4.92. The lowest BCUT2D eigenvalue weighted by Crippen LogP contribution is -2.61. The van der Waals surface area contributed by atoms with Crippen molar-refractivity contribution in [3.8, 4) is 11.1 Å². The van der Waals surface area contributed by atoms with E-state index in [1.807, 2.05) is 0 Å². The Kier molecular flexibility index (Phi) is 3.44. The molecule has 1 saturated carbocycles. The molecule has 0 unspecified atom stereocenters. The first-order valence-corrected chi connectivity index (χ1v) is 9.94. The fourth-order valence-electron chi connectivity index (χ4n) is 4.78. The first-order valence-electron chi connectivity index (χ1n) is 9.00. The van der Waals surface area contributed by atoms with Gasteiger partial charge in [0.05, 0.1) is 5.41 Å². The van der Waals surface area contributed by atoms with Crippen LogP contribution in [0, 0.1) is 0 Å². The molecule has 0 radical (unpaired) electrons. The van der Waals surface area contributed by atoms with Crippen molar-refractivity contribution in [2.24, 2.45) is 4.40 Å². The Labute approximate surface area is 148 Å². The number of piperidine rings is 2. The fraction of sp³-hybridized carbons (Fsp3) is 0.381. The number of hydrogen-bond acceptors (Lipinski definition) is 3. The molecule has 2 nitrogen and oxygen atoms in total. The van der Waals surface area contributed by atoms with Crippen LogP contribution in [-0.4, -0.2) is 29.1 Å². The summed E-state index contributed by atoms with van der Waals surface area (Å²) >= 11 is 1.76. The largest absolute Gasteiger partial charge is 0.355 e. The van der Waals surface area contributed by atoms with Gasteiger partial charge in [-0.1, -0.05) is 54.6 Å². The maximum absolute atomic E-state index is 4.92. The Bertz CT molecular complexity index is 758. The monoisotopic (exact) mass is 334 g/mol. The molecule has 3 heterocycles. The molecule has 0 aromatic heterocycles. The Morgan fingerprint density at radius 3 is 2.38 bits per heavy atom. The van der Waals surface area contributed by atoms with E-state index in [-0.39, 0.29) is 5.41 Å². The molecule has 2 bridgehead atoms. The minimum atomic E-state index is 0.164. The third-order valence-electron chi connectivity index (χ3n) is 6.07. The third kappa shape index (κ3) is 2.14. The van der Waals surface area contributed by atoms with Gasteiger partial charge in [0.1, 0.15) is 5.84 Å². The van der Waals surface area contributed by atoms with Gasteiger partial charge in [0.25, 0.3) is 0 Å². The summed E-state index contributed by atoms with van der Waals surface area (Å²) in [6, 6.07) is 20.7. The van der Waals surface area contributed by atoms with Gasteiger partial charge in [-0.3, -0.25) is 0 Å². The fourth-order valence-corrected chi connectivity index (χ4v) is 5.55. The molecule has 0 amide bonds. The molecule has 3 heteroatoms. The van der Waals surface area contributed by atoms with E-state index in [0.717, 1.165) is 11.8 Å². The Hall–Kier alpha value is -1.74. The van der Waals surface area contributed by atoms with Crippen LogP contribution < -0.4 is 0 Å². The molecule has 0 atom stereocenters. The summed E-state index contributed by atoms with van der Waals surface area (Å²) < 4.78 is 4.92. The minimum absolute atomic E-state index is 0.164. The maximum Gasteiger partial charge on any atom is 0.123 e. The molecule has 3 aliphatic heterocycles. The normalized spacial score (nSPS) is 28.4. The predicted octanol–water partition coefficient (Wildman–Crippen LogP) is 4.91. The van der Waals surface area contributed by atoms with Crippen LogP contribution >= 0.6 is 11.9 Å². The molecule has 0 spiro atoms. The number of amidine groups is 1. The number of rotatable bonds is 2. The molecular formula is C21H22N2S. The van der Waals surface area contributed by atoms with Crippen LogP contribution in [0.4, 0.5) is 0 Å². The zero-order valence-electron chi connectivity index (χ0n) is 13.8. The summed E-state index contributed by atoms with van der Waals surface area (Å²) in [6.07, 6.45) is 5.17. The highest BCUT2D eigenvalue weighted by molar-refractivity contribution is 7.98. The number of hydrogen-bond donors (Lipinski definition) is 0. The van der Waals surface area contributed by atoms with Crippen molar-refractivity contribution in [2.75, 3.05) is 12.3 Å². The van der Waals surface area contributed by atoms with Gasteiger partial charge in [-0.15, -0.1) is 0 Å². The van der Waals surface area contributed by atoms with E-state index in [9.17, 15) is 0 Å². The third-order valence-corrected chi connectivity index (χ3v) is 6.74. The molecule has 2 aromatic carbocycles. The summed E-state index contributed by atoms with van der Waals surface area (Å²) in [5, 5.41) is 0. The second kappa shape index (κ2) is 5.66. The van der Waals surface area contributed by atoms with Crippen molar-refractivity contribution in [3.05, 3.63) is 60.2 Å². The summed E-state index contributed by atoms with van der Waals surface area (Å²) in [5.41, 5.74) is 4.22. The SMILES string of the molecule is c1ccc(-c2ccc(C34CCC(CC3)N3CCSN=C34)cc2)cc1. The molecule has 3 fully saturated rings. The Morgan fingerprint density at radius 2 is 1.62 bits per heavy atom. The van der Waals surface area contributed by atoms with Crippen molar-refractivity contribution < 1.29 is 0 Å². The molecule has 0 N–H and O–H groups in total. The molecule has 122 valence electrons. The molecule has 4 aliphatic rings. The second-order valence-corrected chi connectivity index (χ2v) is 8.05. The highest BCUT2D eigenvalue weighted by Crippen LogP contribution is 2.49. The number of nitrogens with zero attached hydrogens (tertiary/aromatic N) is 2. The highest BCUT2D eigenvalue weighted by Gasteiger charge is 2.51. The van der Waals surface area contributed by atoms with Gasteiger partial charge in [-0.25, -0.2) is 4.40 Å². The van der Waals surface area contributed by atoms with Gasteiger partial charge in [-0.05, 0) is 54.3 Å². The van der Waals surface area contributed by atoms with E-state index in [1.165, 1.54) is 54.8 Å². The molecule has 24 heavy (non-hydrogen) atoms. The Morgan fingerprint density at radius 1 is 0.917 bits per heavy atom. The van der Waals surface area contributed by atoms with E-state index in [0.29, 0.717) is 0 Å². The van der Waals surface area contributed by atoms with Crippen LogP contribution in [0.25, 0.3) is 11.1 Å². The average Bonchev–Trinajstić information content (AvgIpc) is 2.70. The Balaban J connectivity index is 1.54. The zero-order chi connectivity index (χ0) is 16.0. The standard InChI is InChI=1S/C21H22N2S/c1-2-4-16(5-3-1)17-6-8-18(9-7-17)21-12-10-19(11-13-21)23-14-15-24-22-20(21)23/h1-9,19H,10-15H2. The van der Waals surface area contributed by atoms with E-state index >= 15 is 0 Å². The van der Waals surface area contributed by atoms with Crippen LogP contribution in [0.2, 0.25) is 0 Å². The number of fused-ring (bicyclic) bond motifs is 2. The average molecular weight is 334 g/mol. The van der Waals surface area contributed by atoms with Crippen molar-refractivity contribution in [3.63, 3.8) is 0 Å². The van der Waals surface area contributed by atoms with Gasteiger partial charge < -0.3 is 4.90 Å². The van der Waals surface area contributed by atoms with Crippen molar-refractivity contribution >= 4 is 17.8 Å². The molecule has 2 aromatic rings. The first kappa shape index (κ1) is 14.6. The van der Waals surface area contributed by atoms with Crippen LogP contribution in [0.3, 0.4) is 0 Å². The van der Waals surface area contributed by atoms with E-state index in [4.69, 9.17) is 4.40 Å². The first-order chi connectivity index (χ1) is 11.9. The summed E-state index contributed by atoms with van der Waals surface area (Å²) in [5.74, 6) is 2.51. The van der Waals surface area contributed by atoms with E-state index < -0.39 is 0 Å². The minimum Gasteiger partial charge on any atom is -0.355 e. The van der Waals surface area contributed by atoms with Gasteiger partial charge >= 0.3 is 0 Å². The number of benzene rings is 2. The van der Waals surface area contributed by atoms with E-state index in [2.05, 4.69) is 59.5 Å². The van der Waals surface area contributed by atoms with Crippen LogP contribution in [0.15, 0.2) is 59.0 Å². The van der Waals surface area contributed by atoms with E-state index in [1.54, 1.807) is 11.9 Å². The lowest BCUT2D eigenvalue weighted by molar-refractivity contribution is 0.153. The highest BCUT2D eigenvalue weighted by atomic mass is 32.2. The van der Waals surface area contributed by atoms with Gasteiger partial charge in [-0.2, -0.15) is 0 Å². The van der Waals surface area contributed by atoms with Crippen LogP contribution in [0.1, 0.15) is 31.2 Å². The summed E-state index contributed by atoms with van der Waals surface area (Å²) in [4.78, 5) is 2.62. The van der Waals surface area contributed by atoms with Gasteiger partial charge in [0.2, 0.25) is 0 Å². The molecular weight excluding hydrogens is 312 g/mol. The predicted molar refractivity (Wildman–Crippen MR) is 102 cm³/mol. The smallest absolute Gasteiger partial charge is 0.123 e. The topological polar surface area (TPSA) is 15.6 Å². The van der Waals surface area contributed by atoms with Crippen molar-refractivity contribution in [2.45, 2.75) is 37.1 Å². The molecule has 6 rings (SSSR count). The second-order valence-electron chi connectivity index (χ2n) is 7.20. The zero-order valence-corrected chi connectivity index (χ0v) is 14.6. The van der Waals surface area contributed by atoms with Crippen molar-refractivity contribution in [1.29, 1.82) is 0 Å². The van der Waals surface area contributed by atoms with Crippen LogP contribution in [0.5, 0.6) is 0 Å². The molecule has 1 aliphatic carbocycles. The quantitative estimate of drug-likeness (QED) is 0.725. The molecule has 2 saturated heterocycles. The lowest BCUT2D eigenvalue weighted by Gasteiger charge is -2.55. The van der Waals surface area contributed by atoms with Crippen LogP contribution in [-0.2, 0) is 5.41 Å². The van der Waals surface area contributed by atoms with Gasteiger partial charge in [0.15, 0.2) is 0 Å². The summed E-state index contributed by atoms with van der Waals surface area (Å²) in [7, 11) is 0. The summed E-state index contributed by atoms with van der Waals surface area (Å²) in [6.45, 7) is 1.18.